The van der Waals surface area contributed by atoms with Crippen molar-refractivity contribution < 1.29 is 13.2 Å². The van der Waals surface area contributed by atoms with Crippen molar-refractivity contribution in [3.63, 3.8) is 0 Å². The maximum atomic E-state index is 13.5. The second kappa shape index (κ2) is 5.44. The van der Waals surface area contributed by atoms with E-state index in [1.165, 1.54) is 18.3 Å². The highest BCUT2D eigenvalue weighted by Crippen LogP contribution is 2.17. The van der Waals surface area contributed by atoms with Gasteiger partial charge in [0.1, 0.15) is 11.6 Å². The molecular weight excluding hydrogens is 257 g/mol. The summed E-state index contributed by atoms with van der Waals surface area (Å²) >= 11 is 0. The molecule has 4 nitrogen and oxygen atoms in total. The Morgan fingerprint density at radius 2 is 2.21 bits per heavy atom. The maximum absolute atomic E-state index is 13.5. The van der Waals surface area contributed by atoms with Gasteiger partial charge in [0.15, 0.2) is 0 Å². The van der Waals surface area contributed by atoms with E-state index in [-0.39, 0.29) is 23.6 Å². The fraction of sp³-hybridized carbons (Fsp3) is 0.167. The van der Waals surface area contributed by atoms with Crippen molar-refractivity contribution in [2.24, 2.45) is 0 Å². The van der Waals surface area contributed by atoms with Gasteiger partial charge < -0.3 is 5.32 Å². The molecule has 19 heavy (non-hydrogen) atoms. The Balaban J connectivity index is 2.11. The molecule has 0 fully saturated rings. The molecule has 0 spiro atoms. The smallest absolute Gasteiger partial charge is 0.319 e. The molecule has 7 heteroatoms. The van der Waals surface area contributed by atoms with Crippen LogP contribution < -0.4 is 5.32 Å². The van der Waals surface area contributed by atoms with E-state index < -0.39 is 12.4 Å². The van der Waals surface area contributed by atoms with Crippen LogP contribution in [0.15, 0.2) is 30.6 Å². The predicted molar refractivity (Wildman–Crippen MR) is 61.9 cm³/mol. The molecule has 2 rings (SSSR count). The molecule has 0 bridgehead atoms. The number of nitrogens with one attached hydrogen (secondary N) is 1. The number of nitrogens with zero attached hydrogens (tertiary/aromatic N) is 3. The first-order chi connectivity index (χ1) is 9.11. The van der Waals surface area contributed by atoms with Gasteiger partial charge >= 0.3 is 6.55 Å². The molecular formula is C12H9F3N4. The average molecular weight is 266 g/mol. The van der Waals surface area contributed by atoms with E-state index in [2.05, 4.69) is 10.3 Å². The third-order valence-electron chi connectivity index (χ3n) is 2.49. The Labute approximate surface area is 107 Å². The Morgan fingerprint density at radius 1 is 1.42 bits per heavy atom. The number of aromatic nitrogens is 2. The van der Waals surface area contributed by atoms with Gasteiger partial charge in [0, 0.05) is 12.4 Å². The average Bonchev–Trinajstić information content (AvgIpc) is 2.85. The summed E-state index contributed by atoms with van der Waals surface area (Å²) in [6.07, 6.45) is 2.40. The fourth-order valence-electron chi connectivity index (χ4n) is 1.56. The van der Waals surface area contributed by atoms with Crippen LogP contribution >= 0.6 is 0 Å². The Hall–Kier alpha value is -2.49. The number of anilines is 1. The number of imidazole rings is 1. The first kappa shape index (κ1) is 13.0. The number of halogens is 3. The van der Waals surface area contributed by atoms with Crippen LogP contribution in [0.2, 0.25) is 0 Å². The normalized spacial score (nSPS) is 10.5. The van der Waals surface area contributed by atoms with Crippen molar-refractivity contribution >= 4 is 5.69 Å². The summed E-state index contributed by atoms with van der Waals surface area (Å²) in [4.78, 5) is 3.76. The van der Waals surface area contributed by atoms with E-state index in [0.29, 0.717) is 4.57 Å². The van der Waals surface area contributed by atoms with Crippen molar-refractivity contribution in [3.05, 3.63) is 47.8 Å². The SMILES string of the molecule is N#Cc1ccc(NCc2nccn2C(F)F)c(F)c1. The van der Waals surface area contributed by atoms with Crippen molar-refractivity contribution in [1.29, 1.82) is 5.26 Å². The number of rotatable bonds is 4. The third kappa shape index (κ3) is 2.85. The summed E-state index contributed by atoms with van der Waals surface area (Å²) in [7, 11) is 0. The summed E-state index contributed by atoms with van der Waals surface area (Å²) < 4.78 is 39.3. The lowest BCUT2D eigenvalue weighted by atomic mass is 10.2. The molecule has 0 aliphatic rings. The van der Waals surface area contributed by atoms with Gasteiger partial charge in [-0.05, 0) is 18.2 Å². The second-order valence-electron chi connectivity index (χ2n) is 3.69. The lowest BCUT2D eigenvalue weighted by Gasteiger charge is -2.09. The van der Waals surface area contributed by atoms with E-state index in [9.17, 15) is 13.2 Å². The molecule has 0 saturated carbocycles. The molecule has 0 amide bonds. The zero-order valence-corrected chi connectivity index (χ0v) is 9.65. The van der Waals surface area contributed by atoms with Crippen molar-refractivity contribution in [2.75, 3.05) is 5.32 Å². The highest BCUT2D eigenvalue weighted by Gasteiger charge is 2.11. The molecule has 0 unspecified atom stereocenters. The van der Waals surface area contributed by atoms with Crippen LogP contribution in [0.4, 0.5) is 18.9 Å². The van der Waals surface area contributed by atoms with Crippen LogP contribution in [-0.4, -0.2) is 9.55 Å². The molecule has 0 aliphatic carbocycles. The van der Waals surface area contributed by atoms with Crippen LogP contribution in [0.3, 0.4) is 0 Å². The largest absolute Gasteiger partial charge is 0.375 e. The molecule has 1 aromatic carbocycles. The van der Waals surface area contributed by atoms with Gasteiger partial charge in [0.05, 0.1) is 23.9 Å². The molecule has 1 heterocycles. The summed E-state index contributed by atoms with van der Waals surface area (Å²) in [5.41, 5.74) is 0.319. The number of nitriles is 1. The Kier molecular flexibility index (Phi) is 3.71. The van der Waals surface area contributed by atoms with Gasteiger partial charge in [-0.15, -0.1) is 0 Å². The zero-order valence-electron chi connectivity index (χ0n) is 9.65. The van der Waals surface area contributed by atoms with Crippen molar-refractivity contribution in [2.45, 2.75) is 13.1 Å². The minimum Gasteiger partial charge on any atom is -0.375 e. The van der Waals surface area contributed by atoms with E-state index >= 15 is 0 Å². The lowest BCUT2D eigenvalue weighted by Crippen LogP contribution is -2.09. The summed E-state index contributed by atoms with van der Waals surface area (Å²) in [6.45, 7) is -2.73. The zero-order chi connectivity index (χ0) is 13.8. The molecule has 1 N–H and O–H groups in total. The topological polar surface area (TPSA) is 53.6 Å². The predicted octanol–water partition coefficient (Wildman–Crippen LogP) is 2.90. The summed E-state index contributed by atoms with van der Waals surface area (Å²) in [5, 5.41) is 11.3. The van der Waals surface area contributed by atoms with Gasteiger partial charge in [0.25, 0.3) is 0 Å². The van der Waals surface area contributed by atoms with Crippen LogP contribution in [0.1, 0.15) is 17.9 Å². The molecule has 1 aromatic heterocycles. The van der Waals surface area contributed by atoms with Crippen LogP contribution in [0.5, 0.6) is 0 Å². The van der Waals surface area contributed by atoms with E-state index in [0.717, 1.165) is 12.3 Å². The number of hydrogen-bond acceptors (Lipinski definition) is 3. The first-order valence-electron chi connectivity index (χ1n) is 5.35. The van der Waals surface area contributed by atoms with E-state index in [4.69, 9.17) is 5.26 Å². The molecule has 98 valence electrons. The third-order valence-corrected chi connectivity index (χ3v) is 2.49. The fourth-order valence-corrected chi connectivity index (χ4v) is 1.56. The van der Waals surface area contributed by atoms with E-state index in [1.807, 2.05) is 0 Å². The molecule has 0 aliphatic heterocycles. The maximum Gasteiger partial charge on any atom is 0.319 e. The minimum absolute atomic E-state index is 0.0415. The van der Waals surface area contributed by atoms with Crippen LogP contribution in [0, 0.1) is 17.1 Å². The Morgan fingerprint density at radius 3 is 2.84 bits per heavy atom. The molecule has 0 atom stereocenters. The quantitative estimate of drug-likeness (QED) is 0.925. The van der Waals surface area contributed by atoms with Crippen molar-refractivity contribution in [1.82, 2.24) is 9.55 Å². The van der Waals surface area contributed by atoms with Gasteiger partial charge in [0.2, 0.25) is 0 Å². The standard InChI is InChI=1S/C12H9F3N4/c13-9-5-8(6-16)1-2-10(9)18-7-11-17-3-4-19(11)12(14)15/h1-5,12,18H,7H2. The second-order valence-corrected chi connectivity index (χ2v) is 3.69. The minimum atomic E-state index is -2.69. The lowest BCUT2D eigenvalue weighted by molar-refractivity contribution is 0.0673. The highest BCUT2D eigenvalue weighted by molar-refractivity contribution is 5.48. The molecule has 2 aromatic rings. The van der Waals surface area contributed by atoms with Gasteiger partial charge in [-0.2, -0.15) is 14.0 Å². The summed E-state index contributed by atoms with van der Waals surface area (Å²) in [5.74, 6) is -0.520. The number of alkyl halides is 2. The van der Waals surface area contributed by atoms with Crippen molar-refractivity contribution in [3.8, 4) is 6.07 Å². The molecule has 0 radical (unpaired) electrons. The van der Waals surface area contributed by atoms with E-state index in [1.54, 1.807) is 6.07 Å². The first-order valence-corrected chi connectivity index (χ1v) is 5.35. The van der Waals surface area contributed by atoms with Gasteiger partial charge in [-0.25, -0.2) is 9.37 Å². The summed E-state index contributed by atoms with van der Waals surface area (Å²) in [6, 6.07) is 5.69. The monoisotopic (exact) mass is 266 g/mol. The van der Waals surface area contributed by atoms with Gasteiger partial charge in [-0.3, -0.25) is 4.57 Å². The Bertz CT molecular complexity index is 616. The number of benzene rings is 1. The van der Waals surface area contributed by atoms with Crippen LogP contribution in [0.25, 0.3) is 0 Å². The number of hydrogen-bond donors (Lipinski definition) is 1. The van der Waals surface area contributed by atoms with Gasteiger partial charge in [-0.1, -0.05) is 0 Å². The van der Waals surface area contributed by atoms with Crippen LogP contribution in [-0.2, 0) is 6.54 Å². The highest BCUT2D eigenvalue weighted by atomic mass is 19.3. The molecule has 0 saturated heterocycles.